The summed E-state index contributed by atoms with van der Waals surface area (Å²) in [6, 6.07) is 0. The first-order valence-corrected chi connectivity index (χ1v) is 4.26. The van der Waals surface area contributed by atoms with Crippen LogP contribution in [0.2, 0.25) is 0 Å². The maximum absolute atomic E-state index is 10.7. The summed E-state index contributed by atoms with van der Waals surface area (Å²) in [7, 11) is 0. The van der Waals surface area contributed by atoms with E-state index in [4.69, 9.17) is 9.47 Å². The summed E-state index contributed by atoms with van der Waals surface area (Å²) in [4.78, 5) is 10.7. The molecule has 0 radical (unpaired) electrons. The smallest absolute Gasteiger partial charge is 0.330 e. The number of carbonyl (C=O) groups is 1. The van der Waals surface area contributed by atoms with Gasteiger partial charge in [0, 0.05) is 12.0 Å². The molecular formula is C9H12O3. The van der Waals surface area contributed by atoms with Crippen molar-refractivity contribution in [1.82, 2.24) is 0 Å². The van der Waals surface area contributed by atoms with Crippen LogP contribution in [0.4, 0.5) is 0 Å². The number of esters is 1. The summed E-state index contributed by atoms with van der Waals surface area (Å²) in [5.41, 5.74) is 0. The maximum atomic E-state index is 10.7. The molecule has 3 unspecified atom stereocenters. The van der Waals surface area contributed by atoms with E-state index in [1.165, 1.54) is 6.08 Å². The summed E-state index contributed by atoms with van der Waals surface area (Å²) in [6.07, 6.45) is 4.29. The van der Waals surface area contributed by atoms with E-state index in [9.17, 15) is 4.79 Å². The summed E-state index contributed by atoms with van der Waals surface area (Å²) in [5, 5.41) is 0. The number of carbonyl (C=O) groups excluding carboxylic acids is 1. The van der Waals surface area contributed by atoms with Crippen molar-refractivity contribution in [1.29, 1.82) is 0 Å². The SMILES string of the molecule is C=CC(=O)OCC1CCC2OC12. The first kappa shape index (κ1) is 7.80. The van der Waals surface area contributed by atoms with Crippen LogP contribution >= 0.6 is 0 Å². The maximum Gasteiger partial charge on any atom is 0.330 e. The molecule has 0 spiro atoms. The Labute approximate surface area is 71.3 Å². The fourth-order valence-electron chi connectivity index (χ4n) is 1.77. The molecule has 2 fully saturated rings. The second-order valence-electron chi connectivity index (χ2n) is 3.31. The lowest BCUT2D eigenvalue weighted by molar-refractivity contribution is -0.139. The van der Waals surface area contributed by atoms with Crippen LogP contribution in [-0.2, 0) is 14.3 Å². The molecule has 3 nitrogen and oxygen atoms in total. The Morgan fingerprint density at radius 1 is 1.67 bits per heavy atom. The van der Waals surface area contributed by atoms with Crippen molar-refractivity contribution in [3.8, 4) is 0 Å². The molecule has 1 aliphatic heterocycles. The van der Waals surface area contributed by atoms with E-state index in [0.29, 0.717) is 24.7 Å². The van der Waals surface area contributed by atoms with E-state index in [1.54, 1.807) is 0 Å². The summed E-state index contributed by atoms with van der Waals surface area (Å²) >= 11 is 0. The van der Waals surface area contributed by atoms with Gasteiger partial charge in [-0.05, 0) is 12.8 Å². The summed E-state index contributed by atoms with van der Waals surface area (Å²) in [5.74, 6) is 0.0954. The zero-order chi connectivity index (χ0) is 8.55. The third-order valence-corrected chi connectivity index (χ3v) is 2.51. The van der Waals surface area contributed by atoms with Crippen LogP contribution in [0.15, 0.2) is 12.7 Å². The van der Waals surface area contributed by atoms with Gasteiger partial charge in [-0.2, -0.15) is 0 Å². The summed E-state index contributed by atoms with van der Waals surface area (Å²) < 4.78 is 10.2. The molecule has 1 aliphatic carbocycles. The van der Waals surface area contributed by atoms with Gasteiger partial charge in [0.15, 0.2) is 0 Å². The van der Waals surface area contributed by atoms with Gasteiger partial charge < -0.3 is 9.47 Å². The second kappa shape index (κ2) is 2.90. The predicted octanol–water partition coefficient (Wildman–Crippen LogP) is 0.893. The fraction of sp³-hybridized carbons (Fsp3) is 0.667. The quantitative estimate of drug-likeness (QED) is 0.357. The van der Waals surface area contributed by atoms with Crippen LogP contribution < -0.4 is 0 Å². The van der Waals surface area contributed by atoms with Crippen molar-refractivity contribution in [3.63, 3.8) is 0 Å². The van der Waals surface area contributed by atoms with Gasteiger partial charge in [0.1, 0.15) is 0 Å². The highest BCUT2D eigenvalue weighted by Crippen LogP contribution is 2.42. The molecule has 1 saturated heterocycles. The predicted molar refractivity (Wildman–Crippen MR) is 42.5 cm³/mol. The highest BCUT2D eigenvalue weighted by Gasteiger charge is 2.50. The largest absolute Gasteiger partial charge is 0.462 e. The zero-order valence-electron chi connectivity index (χ0n) is 6.86. The lowest BCUT2D eigenvalue weighted by Crippen LogP contribution is -2.15. The third kappa shape index (κ3) is 1.37. The Morgan fingerprint density at radius 3 is 3.00 bits per heavy atom. The van der Waals surface area contributed by atoms with Gasteiger partial charge in [-0.15, -0.1) is 0 Å². The number of ether oxygens (including phenoxy) is 2. The molecule has 0 aromatic heterocycles. The molecule has 1 saturated carbocycles. The molecule has 0 bridgehead atoms. The molecule has 3 heteroatoms. The molecule has 66 valence electrons. The van der Waals surface area contributed by atoms with Gasteiger partial charge in [0.05, 0.1) is 18.8 Å². The van der Waals surface area contributed by atoms with Crippen molar-refractivity contribution in [2.75, 3.05) is 6.61 Å². The van der Waals surface area contributed by atoms with Crippen molar-refractivity contribution >= 4 is 5.97 Å². The first-order chi connectivity index (χ1) is 5.81. The number of hydrogen-bond donors (Lipinski definition) is 0. The number of epoxide rings is 1. The minimum atomic E-state index is -0.334. The molecule has 2 rings (SSSR count). The van der Waals surface area contributed by atoms with E-state index in [0.717, 1.165) is 12.8 Å². The minimum Gasteiger partial charge on any atom is -0.462 e. The Hall–Kier alpha value is -0.830. The van der Waals surface area contributed by atoms with E-state index >= 15 is 0 Å². The van der Waals surface area contributed by atoms with Crippen molar-refractivity contribution in [2.24, 2.45) is 5.92 Å². The van der Waals surface area contributed by atoms with Crippen LogP contribution in [0.3, 0.4) is 0 Å². The molecule has 0 aromatic rings. The van der Waals surface area contributed by atoms with Crippen molar-refractivity contribution in [3.05, 3.63) is 12.7 Å². The highest BCUT2D eigenvalue weighted by atomic mass is 16.6. The van der Waals surface area contributed by atoms with Crippen LogP contribution in [0.5, 0.6) is 0 Å². The van der Waals surface area contributed by atoms with E-state index < -0.39 is 0 Å². The monoisotopic (exact) mass is 168 g/mol. The highest BCUT2D eigenvalue weighted by molar-refractivity contribution is 5.81. The van der Waals surface area contributed by atoms with Gasteiger partial charge in [-0.3, -0.25) is 0 Å². The number of hydrogen-bond acceptors (Lipinski definition) is 3. The molecule has 0 N–H and O–H groups in total. The van der Waals surface area contributed by atoms with Crippen LogP contribution in [0.25, 0.3) is 0 Å². The lowest BCUT2D eigenvalue weighted by atomic mass is 10.1. The molecular weight excluding hydrogens is 156 g/mol. The molecule has 1 heterocycles. The van der Waals surface area contributed by atoms with Crippen LogP contribution in [-0.4, -0.2) is 24.8 Å². The fourth-order valence-corrected chi connectivity index (χ4v) is 1.77. The summed E-state index contributed by atoms with van der Waals surface area (Å²) in [6.45, 7) is 3.82. The van der Waals surface area contributed by atoms with E-state index in [1.807, 2.05) is 0 Å². The number of rotatable bonds is 3. The van der Waals surface area contributed by atoms with Gasteiger partial charge in [0.25, 0.3) is 0 Å². The molecule has 3 atom stereocenters. The Morgan fingerprint density at radius 2 is 2.50 bits per heavy atom. The minimum absolute atomic E-state index is 0.334. The van der Waals surface area contributed by atoms with Crippen LogP contribution in [0.1, 0.15) is 12.8 Å². The topological polar surface area (TPSA) is 38.8 Å². The van der Waals surface area contributed by atoms with Crippen molar-refractivity contribution < 1.29 is 14.3 Å². The number of fused-ring (bicyclic) bond motifs is 1. The van der Waals surface area contributed by atoms with Gasteiger partial charge in [-0.25, -0.2) is 4.79 Å². The molecule has 2 aliphatic rings. The Kier molecular flexibility index (Phi) is 1.89. The normalized spacial score (nSPS) is 37.2. The van der Waals surface area contributed by atoms with Gasteiger partial charge in [0.2, 0.25) is 0 Å². The molecule has 0 amide bonds. The Balaban J connectivity index is 1.73. The lowest BCUT2D eigenvalue weighted by Gasteiger charge is -2.09. The molecule has 12 heavy (non-hydrogen) atoms. The van der Waals surface area contributed by atoms with Crippen molar-refractivity contribution in [2.45, 2.75) is 25.0 Å². The standard InChI is InChI=1S/C9H12O3/c1-2-8(10)11-5-6-3-4-7-9(6)12-7/h2,6-7,9H,1,3-5H2. The van der Waals surface area contributed by atoms with Gasteiger partial charge >= 0.3 is 5.97 Å². The van der Waals surface area contributed by atoms with E-state index in [-0.39, 0.29) is 5.97 Å². The Bertz CT molecular complexity index is 212. The first-order valence-electron chi connectivity index (χ1n) is 4.26. The molecule has 0 aromatic carbocycles. The van der Waals surface area contributed by atoms with Gasteiger partial charge in [-0.1, -0.05) is 6.58 Å². The van der Waals surface area contributed by atoms with Crippen LogP contribution in [0, 0.1) is 5.92 Å². The average molecular weight is 168 g/mol. The van der Waals surface area contributed by atoms with E-state index in [2.05, 4.69) is 6.58 Å². The second-order valence-corrected chi connectivity index (χ2v) is 3.31. The third-order valence-electron chi connectivity index (χ3n) is 2.51. The zero-order valence-corrected chi connectivity index (χ0v) is 6.86. The average Bonchev–Trinajstić information content (AvgIpc) is 2.77.